The van der Waals surface area contributed by atoms with E-state index in [1.807, 2.05) is 37.3 Å². The number of hydrogen-bond donors (Lipinski definition) is 4. The van der Waals surface area contributed by atoms with Crippen molar-refractivity contribution in [2.45, 2.75) is 19.5 Å². The molecular weight excluding hydrogens is 336 g/mol. The predicted octanol–water partition coefficient (Wildman–Crippen LogP) is 2.47. The molecule has 0 saturated carbocycles. The van der Waals surface area contributed by atoms with Crippen molar-refractivity contribution in [1.29, 1.82) is 0 Å². The molecule has 3 rings (SSSR count). The number of benzene rings is 2. The Balaban J connectivity index is 1.50. The first-order valence-corrected chi connectivity index (χ1v) is 8.10. The SMILES string of the molecule is CC(NC(=O)NCc1ccc2c(c1)OCO2)c1ccc(NC(N)=O)cc1. The number of carbonyl (C=O) groups is 2. The van der Waals surface area contributed by atoms with Crippen LogP contribution < -0.4 is 31.2 Å². The second-order valence-corrected chi connectivity index (χ2v) is 5.85. The summed E-state index contributed by atoms with van der Waals surface area (Å²) in [6, 6.07) is 11.5. The largest absolute Gasteiger partial charge is 0.454 e. The number of anilines is 1. The molecule has 5 N–H and O–H groups in total. The highest BCUT2D eigenvalue weighted by atomic mass is 16.7. The van der Waals surface area contributed by atoms with Gasteiger partial charge in [0.05, 0.1) is 6.04 Å². The van der Waals surface area contributed by atoms with Gasteiger partial charge in [-0.05, 0) is 42.3 Å². The third-order valence-electron chi connectivity index (χ3n) is 3.92. The monoisotopic (exact) mass is 356 g/mol. The second kappa shape index (κ2) is 7.64. The smallest absolute Gasteiger partial charge is 0.316 e. The average Bonchev–Trinajstić information content (AvgIpc) is 3.07. The van der Waals surface area contributed by atoms with Crippen molar-refractivity contribution in [2.24, 2.45) is 5.73 Å². The van der Waals surface area contributed by atoms with E-state index in [9.17, 15) is 9.59 Å². The molecule has 2 aromatic rings. The minimum atomic E-state index is -0.619. The van der Waals surface area contributed by atoms with Crippen molar-refractivity contribution >= 4 is 17.7 Å². The normalized spacial score (nSPS) is 13.0. The molecule has 2 aromatic carbocycles. The van der Waals surface area contributed by atoms with E-state index in [0.717, 1.165) is 11.1 Å². The van der Waals surface area contributed by atoms with Crippen molar-refractivity contribution in [1.82, 2.24) is 10.6 Å². The maximum atomic E-state index is 12.1. The highest BCUT2D eigenvalue weighted by Gasteiger charge is 2.14. The molecule has 1 unspecified atom stereocenters. The summed E-state index contributed by atoms with van der Waals surface area (Å²) in [6.45, 7) is 2.46. The van der Waals surface area contributed by atoms with E-state index >= 15 is 0 Å². The van der Waals surface area contributed by atoms with Crippen molar-refractivity contribution in [3.8, 4) is 11.5 Å². The molecule has 4 amide bonds. The number of nitrogens with one attached hydrogen (secondary N) is 3. The fourth-order valence-electron chi connectivity index (χ4n) is 2.56. The van der Waals surface area contributed by atoms with Gasteiger partial charge in [0.25, 0.3) is 0 Å². The zero-order chi connectivity index (χ0) is 18.5. The van der Waals surface area contributed by atoms with Gasteiger partial charge >= 0.3 is 12.1 Å². The van der Waals surface area contributed by atoms with Gasteiger partial charge in [0.15, 0.2) is 11.5 Å². The quantitative estimate of drug-likeness (QED) is 0.659. The third kappa shape index (κ3) is 4.35. The molecule has 0 aromatic heterocycles. The lowest BCUT2D eigenvalue weighted by atomic mass is 10.1. The number of hydrogen-bond acceptors (Lipinski definition) is 4. The van der Waals surface area contributed by atoms with Crippen molar-refractivity contribution in [3.63, 3.8) is 0 Å². The van der Waals surface area contributed by atoms with E-state index < -0.39 is 6.03 Å². The molecule has 0 fully saturated rings. The standard InChI is InChI=1S/C18H20N4O4/c1-11(13-3-5-14(6-4-13)22-17(19)23)21-18(24)20-9-12-2-7-15-16(8-12)26-10-25-15/h2-8,11H,9-10H2,1H3,(H3,19,22,23)(H2,20,21,24). The van der Waals surface area contributed by atoms with Gasteiger partial charge in [-0.3, -0.25) is 0 Å². The average molecular weight is 356 g/mol. The van der Waals surface area contributed by atoms with Gasteiger partial charge in [-0.2, -0.15) is 0 Å². The Kier molecular flexibility index (Phi) is 5.12. The number of rotatable bonds is 5. The minimum absolute atomic E-state index is 0.200. The molecule has 0 aliphatic carbocycles. The summed E-state index contributed by atoms with van der Waals surface area (Å²) >= 11 is 0. The molecule has 136 valence electrons. The van der Waals surface area contributed by atoms with Crippen LogP contribution in [0.4, 0.5) is 15.3 Å². The maximum Gasteiger partial charge on any atom is 0.316 e. The van der Waals surface area contributed by atoms with Gasteiger partial charge in [0.2, 0.25) is 6.79 Å². The zero-order valence-electron chi connectivity index (χ0n) is 14.2. The van der Waals surface area contributed by atoms with Crippen LogP contribution in [0.25, 0.3) is 0 Å². The van der Waals surface area contributed by atoms with E-state index in [-0.39, 0.29) is 18.9 Å². The number of fused-ring (bicyclic) bond motifs is 1. The van der Waals surface area contributed by atoms with Gasteiger partial charge < -0.3 is 31.2 Å². The summed E-state index contributed by atoms with van der Waals surface area (Å²) in [5.41, 5.74) is 7.48. The van der Waals surface area contributed by atoms with Crippen LogP contribution in [0.2, 0.25) is 0 Å². The Bertz CT molecular complexity index is 807. The Morgan fingerprint density at radius 3 is 2.58 bits per heavy atom. The predicted molar refractivity (Wildman–Crippen MR) is 96.0 cm³/mol. The molecule has 8 nitrogen and oxygen atoms in total. The van der Waals surface area contributed by atoms with Crippen LogP contribution in [-0.4, -0.2) is 18.9 Å². The van der Waals surface area contributed by atoms with Gasteiger partial charge in [-0.15, -0.1) is 0 Å². The molecule has 8 heteroatoms. The summed E-state index contributed by atoms with van der Waals surface area (Å²) in [6.07, 6.45) is 0. The fraction of sp³-hybridized carbons (Fsp3) is 0.222. The fourth-order valence-corrected chi connectivity index (χ4v) is 2.56. The topological polar surface area (TPSA) is 115 Å². The minimum Gasteiger partial charge on any atom is -0.454 e. The maximum absolute atomic E-state index is 12.1. The first-order chi connectivity index (χ1) is 12.5. The molecule has 26 heavy (non-hydrogen) atoms. The first-order valence-electron chi connectivity index (χ1n) is 8.10. The summed E-state index contributed by atoms with van der Waals surface area (Å²) in [5.74, 6) is 1.39. The lowest BCUT2D eigenvalue weighted by molar-refractivity contribution is 0.174. The Morgan fingerprint density at radius 2 is 1.85 bits per heavy atom. The summed E-state index contributed by atoms with van der Waals surface area (Å²) < 4.78 is 10.6. The number of amides is 4. The van der Waals surface area contributed by atoms with Crippen LogP contribution in [0.15, 0.2) is 42.5 Å². The van der Waals surface area contributed by atoms with Gasteiger partial charge in [0.1, 0.15) is 0 Å². The van der Waals surface area contributed by atoms with Crippen LogP contribution >= 0.6 is 0 Å². The molecular formula is C18H20N4O4. The number of primary amides is 1. The number of ether oxygens (including phenoxy) is 2. The van der Waals surface area contributed by atoms with E-state index in [2.05, 4.69) is 16.0 Å². The van der Waals surface area contributed by atoms with Crippen molar-refractivity contribution in [2.75, 3.05) is 12.1 Å². The number of urea groups is 2. The summed E-state index contributed by atoms with van der Waals surface area (Å²) in [4.78, 5) is 22.9. The van der Waals surface area contributed by atoms with Gasteiger partial charge in [0, 0.05) is 12.2 Å². The molecule has 0 spiro atoms. The lowest BCUT2D eigenvalue weighted by Gasteiger charge is -2.15. The summed E-state index contributed by atoms with van der Waals surface area (Å²) in [5, 5.41) is 8.16. The van der Waals surface area contributed by atoms with Crippen LogP contribution in [0.3, 0.4) is 0 Å². The van der Waals surface area contributed by atoms with E-state index in [1.54, 1.807) is 12.1 Å². The van der Waals surface area contributed by atoms with Crippen LogP contribution in [0.1, 0.15) is 24.1 Å². The van der Waals surface area contributed by atoms with E-state index in [0.29, 0.717) is 23.7 Å². The van der Waals surface area contributed by atoms with Gasteiger partial charge in [-0.25, -0.2) is 9.59 Å². The number of carbonyl (C=O) groups excluding carboxylic acids is 2. The molecule has 1 aliphatic heterocycles. The lowest BCUT2D eigenvalue weighted by Crippen LogP contribution is -2.36. The summed E-state index contributed by atoms with van der Waals surface area (Å²) in [7, 11) is 0. The first kappa shape index (κ1) is 17.4. The molecule has 0 bridgehead atoms. The zero-order valence-corrected chi connectivity index (χ0v) is 14.2. The second-order valence-electron chi connectivity index (χ2n) is 5.85. The van der Waals surface area contributed by atoms with Crippen LogP contribution in [-0.2, 0) is 6.54 Å². The van der Waals surface area contributed by atoms with Crippen LogP contribution in [0.5, 0.6) is 11.5 Å². The highest BCUT2D eigenvalue weighted by Crippen LogP contribution is 2.32. The third-order valence-corrected chi connectivity index (χ3v) is 3.92. The Hall–Kier alpha value is -3.42. The Morgan fingerprint density at radius 1 is 1.12 bits per heavy atom. The van der Waals surface area contributed by atoms with E-state index in [4.69, 9.17) is 15.2 Å². The molecule has 0 radical (unpaired) electrons. The Labute approximate surface area is 150 Å². The molecule has 1 aliphatic rings. The molecule has 1 heterocycles. The number of nitrogens with two attached hydrogens (primary N) is 1. The van der Waals surface area contributed by atoms with E-state index in [1.165, 1.54) is 0 Å². The van der Waals surface area contributed by atoms with Gasteiger partial charge in [-0.1, -0.05) is 18.2 Å². The highest BCUT2D eigenvalue weighted by molar-refractivity contribution is 5.87. The van der Waals surface area contributed by atoms with Crippen molar-refractivity contribution in [3.05, 3.63) is 53.6 Å². The van der Waals surface area contributed by atoms with Crippen molar-refractivity contribution < 1.29 is 19.1 Å². The molecule has 0 saturated heterocycles. The van der Waals surface area contributed by atoms with Crippen LogP contribution in [0, 0.1) is 0 Å². The molecule has 1 atom stereocenters.